The van der Waals surface area contributed by atoms with Gasteiger partial charge in [-0.05, 0) is 59.6 Å². The summed E-state index contributed by atoms with van der Waals surface area (Å²) in [6, 6.07) is 9.67. The third-order valence-electron chi connectivity index (χ3n) is 3.65. The quantitative estimate of drug-likeness (QED) is 0.911. The van der Waals surface area contributed by atoms with Crippen LogP contribution in [0.15, 0.2) is 45.7 Å². The Morgan fingerprint density at radius 3 is 2.57 bits per heavy atom. The standard InChI is InChI=1S/C16H17BrN2O2/c17-15-9-13(11-21-15)16(20)18-14-5-3-12(4-6-14)10-19-7-1-2-8-19/h3-6,9,11H,1-2,7-8,10H2,(H,18,20). The number of furan rings is 1. The number of anilines is 1. The van der Waals surface area contributed by atoms with E-state index in [4.69, 9.17) is 4.42 Å². The first-order valence-corrected chi connectivity index (χ1v) is 7.87. The van der Waals surface area contributed by atoms with Crippen LogP contribution in [0.4, 0.5) is 5.69 Å². The Morgan fingerprint density at radius 2 is 1.95 bits per heavy atom. The van der Waals surface area contributed by atoms with E-state index in [-0.39, 0.29) is 5.91 Å². The number of amides is 1. The molecule has 0 atom stereocenters. The third-order valence-corrected chi connectivity index (χ3v) is 4.06. The van der Waals surface area contributed by atoms with Crippen LogP contribution in [0.5, 0.6) is 0 Å². The molecular formula is C16H17BrN2O2. The van der Waals surface area contributed by atoms with Crippen molar-refractivity contribution in [1.82, 2.24) is 4.90 Å². The summed E-state index contributed by atoms with van der Waals surface area (Å²) in [4.78, 5) is 14.4. The van der Waals surface area contributed by atoms with Crippen LogP contribution in [0.2, 0.25) is 0 Å². The fourth-order valence-electron chi connectivity index (χ4n) is 2.52. The lowest BCUT2D eigenvalue weighted by molar-refractivity contribution is 0.102. The van der Waals surface area contributed by atoms with Gasteiger partial charge in [0, 0.05) is 18.3 Å². The van der Waals surface area contributed by atoms with Gasteiger partial charge in [0.15, 0.2) is 4.67 Å². The van der Waals surface area contributed by atoms with Crippen molar-refractivity contribution in [3.05, 3.63) is 52.4 Å². The molecule has 1 saturated heterocycles. The molecule has 1 aliphatic heterocycles. The number of hydrogen-bond donors (Lipinski definition) is 1. The van der Waals surface area contributed by atoms with Crippen molar-refractivity contribution in [3.8, 4) is 0 Å². The second kappa shape index (κ2) is 6.45. The summed E-state index contributed by atoms with van der Waals surface area (Å²) < 4.78 is 5.62. The third kappa shape index (κ3) is 3.74. The number of carbonyl (C=O) groups is 1. The first kappa shape index (κ1) is 14.4. The lowest BCUT2D eigenvalue weighted by Crippen LogP contribution is -2.18. The second-order valence-corrected chi connectivity index (χ2v) is 6.06. The normalized spacial score (nSPS) is 15.3. The smallest absolute Gasteiger partial charge is 0.258 e. The molecule has 1 amide bonds. The average Bonchev–Trinajstić information content (AvgIpc) is 3.12. The Kier molecular flexibility index (Phi) is 4.41. The summed E-state index contributed by atoms with van der Waals surface area (Å²) in [5.41, 5.74) is 2.58. The van der Waals surface area contributed by atoms with E-state index >= 15 is 0 Å². The summed E-state index contributed by atoms with van der Waals surface area (Å²) in [6.45, 7) is 3.37. The van der Waals surface area contributed by atoms with E-state index in [0.29, 0.717) is 10.2 Å². The van der Waals surface area contributed by atoms with Crippen molar-refractivity contribution in [1.29, 1.82) is 0 Å². The number of nitrogens with zero attached hydrogens (tertiary/aromatic N) is 1. The van der Waals surface area contributed by atoms with Crippen molar-refractivity contribution in [3.63, 3.8) is 0 Å². The van der Waals surface area contributed by atoms with Gasteiger partial charge < -0.3 is 9.73 Å². The topological polar surface area (TPSA) is 45.5 Å². The highest BCUT2D eigenvalue weighted by Crippen LogP contribution is 2.18. The first-order valence-electron chi connectivity index (χ1n) is 7.07. The molecule has 1 fully saturated rings. The van der Waals surface area contributed by atoms with Gasteiger partial charge in [-0.2, -0.15) is 0 Å². The Hall–Kier alpha value is -1.59. The first-order chi connectivity index (χ1) is 10.2. The molecule has 2 heterocycles. The van der Waals surface area contributed by atoms with E-state index in [0.717, 1.165) is 12.2 Å². The second-order valence-electron chi connectivity index (χ2n) is 5.27. The van der Waals surface area contributed by atoms with E-state index < -0.39 is 0 Å². The summed E-state index contributed by atoms with van der Waals surface area (Å²) in [6.07, 6.45) is 4.03. The lowest BCUT2D eigenvalue weighted by Gasteiger charge is -2.14. The molecule has 4 nitrogen and oxygen atoms in total. The molecule has 1 N–H and O–H groups in total. The molecule has 0 saturated carbocycles. The predicted molar refractivity (Wildman–Crippen MR) is 85.3 cm³/mol. The van der Waals surface area contributed by atoms with Crippen molar-refractivity contribution in [2.24, 2.45) is 0 Å². The number of likely N-dealkylation sites (tertiary alicyclic amines) is 1. The lowest BCUT2D eigenvalue weighted by atomic mass is 10.2. The highest BCUT2D eigenvalue weighted by Gasteiger charge is 2.12. The molecule has 0 unspecified atom stereocenters. The molecule has 0 bridgehead atoms. The number of halogens is 1. The number of nitrogens with one attached hydrogen (secondary N) is 1. The zero-order valence-electron chi connectivity index (χ0n) is 11.6. The fourth-order valence-corrected chi connectivity index (χ4v) is 2.86. The van der Waals surface area contributed by atoms with Crippen molar-refractivity contribution >= 4 is 27.5 Å². The summed E-state index contributed by atoms with van der Waals surface area (Å²) in [5.74, 6) is -0.170. The number of hydrogen-bond acceptors (Lipinski definition) is 3. The minimum absolute atomic E-state index is 0.170. The molecule has 3 rings (SSSR count). The molecule has 1 aromatic heterocycles. The Morgan fingerprint density at radius 1 is 1.24 bits per heavy atom. The molecule has 1 aromatic carbocycles. The number of carbonyl (C=O) groups excluding carboxylic acids is 1. The van der Waals surface area contributed by atoms with E-state index in [9.17, 15) is 4.79 Å². The van der Waals surface area contributed by atoms with Crippen LogP contribution in [-0.4, -0.2) is 23.9 Å². The zero-order valence-corrected chi connectivity index (χ0v) is 13.2. The van der Waals surface area contributed by atoms with E-state index in [2.05, 4.69) is 38.3 Å². The van der Waals surface area contributed by atoms with Crippen molar-refractivity contribution in [2.75, 3.05) is 18.4 Å². The maximum absolute atomic E-state index is 12.0. The molecule has 0 spiro atoms. The van der Waals surface area contributed by atoms with Crippen molar-refractivity contribution < 1.29 is 9.21 Å². The molecule has 5 heteroatoms. The summed E-state index contributed by atoms with van der Waals surface area (Å²) in [5, 5.41) is 2.86. The van der Waals surface area contributed by atoms with Gasteiger partial charge in [-0.15, -0.1) is 0 Å². The van der Waals surface area contributed by atoms with E-state index in [1.165, 1.54) is 37.8 Å². The van der Waals surface area contributed by atoms with Crippen LogP contribution in [-0.2, 0) is 6.54 Å². The Balaban J connectivity index is 1.60. The minimum Gasteiger partial charge on any atom is -0.457 e. The van der Waals surface area contributed by atoms with Crippen molar-refractivity contribution in [2.45, 2.75) is 19.4 Å². The Bertz CT molecular complexity index is 615. The molecule has 0 aliphatic carbocycles. The Labute approximate surface area is 132 Å². The van der Waals surface area contributed by atoms with Crippen LogP contribution in [0, 0.1) is 0 Å². The van der Waals surface area contributed by atoms with Crippen LogP contribution in [0.25, 0.3) is 0 Å². The van der Waals surface area contributed by atoms with Gasteiger partial charge in [0.25, 0.3) is 5.91 Å². The molecular weight excluding hydrogens is 332 g/mol. The molecule has 1 aliphatic rings. The average molecular weight is 349 g/mol. The fraction of sp³-hybridized carbons (Fsp3) is 0.312. The molecule has 0 radical (unpaired) electrons. The maximum Gasteiger partial charge on any atom is 0.258 e. The highest BCUT2D eigenvalue weighted by atomic mass is 79.9. The van der Waals surface area contributed by atoms with Gasteiger partial charge in [0.2, 0.25) is 0 Å². The van der Waals surface area contributed by atoms with Crippen LogP contribution in [0.3, 0.4) is 0 Å². The number of benzene rings is 1. The highest BCUT2D eigenvalue weighted by molar-refractivity contribution is 9.10. The molecule has 2 aromatic rings. The van der Waals surface area contributed by atoms with Gasteiger partial charge in [-0.25, -0.2) is 0 Å². The van der Waals surface area contributed by atoms with E-state index in [1.807, 2.05) is 12.1 Å². The SMILES string of the molecule is O=C(Nc1ccc(CN2CCCC2)cc1)c1coc(Br)c1. The van der Waals surface area contributed by atoms with Crippen LogP contribution < -0.4 is 5.32 Å². The number of rotatable bonds is 4. The summed E-state index contributed by atoms with van der Waals surface area (Å²) in [7, 11) is 0. The van der Waals surface area contributed by atoms with Crippen LogP contribution in [0.1, 0.15) is 28.8 Å². The largest absolute Gasteiger partial charge is 0.457 e. The van der Waals surface area contributed by atoms with Gasteiger partial charge in [0.05, 0.1) is 5.56 Å². The van der Waals surface area contributed by atoms with Gasteiger partial charge >= 0.3 is 0 Å². The van der Waals surface area contributed by atoms with E-state index in [1.54, 1.807) is 6.07 Å². The predicted octanol–water partition coefficient (Wildman–Crippen LogP) is 3.89. The maximum atomic E-state index is 12.0. The summed E-state index contributed by atoms with van der Waals surface area (Å²) >= 11 is 3.19. The molecule has 110 valence electrons. The van der Waals surface area contributed by atoms with Gasteiger partial charge in [-0.1, -0.05) is 12.1 Å². The van der Waals surface area contributed by atoms with Crippen LogP contribution >= 0.6 is 15.9 Å². The van der Waals surface area contributed by atoms with Gasteiger partial charge in [-0.3, -0.25) is 9.69 Å². The monoisotopic (exact) mass is 348 g/mol. The minimum atomic E-state index is -0.170. The molecule has 21 heavy (non-hydrogen) atoms. The zero-order chi connectivity index (χ0) is 14.7. The van der Waals surface area contributed by atoms with Gasteiger partial charge in [0.1, 0.15) is 6.26 Å².